The Kier molecular flexibility index (Phi) is 4.51. The molecule has 1 heterocycles. The predicted molar refractivity (Wildman–Crippen MR) is 61.1 cm³/mol. The number of aryl methyl sites for hydroxylation is 1. The summed E-state index contributed by atoms with van der Waals surface area (Å²) in [5.41, 5.74) is 6.48. The largest absolute Gasteiger partial charge is 0.409 e. The molecular weight excluding hydrogens is 212 g/mol. The van der Waals surface area contributed by atoms with E-state index in [-0.39, 0.29) is 11.8 Å². The van der Waals surface area contributed by atoms with Crippen LogP contribution in [0.25, 0.3) is 0 Å². The second-order valence-corrected chi connectivity index (χ2v) is 4.48. The number of rotatable bonds is 5. The summed E-state index contributed by atoms with van der Waals surface area (Å²) in [5.74, 6) is 0.270. The van der Waals surface area contributed by atoms with Crippen molar-refractivity contribution < 1.29 is 5.21 Å². The first-order valence-corrected chi connectivity index (χ1v) is 5.60. The van der Waals surface area contributed by atoms with Crippen LogP contribution in [0.5, 0.6) is 0 Å². The fourth-order valence-corrected chi connectivity index (χ4v) is 1.72. The van der Waals surface area contributed by atoms with Gasteiger partial charge in [0.05, 0.1) is 10.7 Å². The van der Waals surface area contributed by atoms with E-state index in [1.54, 1.807) is 11.3 Å². The molecule has 0 aliphatic heterocycles. The minimum absolute atomic E-state index is 0.0229. The zero-order valence-corrected chi connectivity index (χ0v) is 9.71. The predicted octanol–water partition coefficient (Wildman–Crippen LogP) is 0.924. The molecule has 15 heavy (non-hydrogen) atoms. The van der Waals surface area contributed by atoms with Crippen molar-refractivity contribution in [2.24, 2.45) is 16.8 Å². The topological polar surface area (TPSA) is 83.5 Å². The van der Waals surface area contributed by atoms with Crippen LogP contribution < -0.4 is 11.1 Å². The van der Waals surface area contributed by atoms with E-state index in [0.717, 1.165) is 10.7 Å². The van der Waals surface area contributed by atoms with Crippen molar-refractivity contribution in [2.45, 2.75) is 20.4 Å². The van der Waals surface area contributed by atoms with E-state index < -0.39 is 0 Å². The molecule has 0 aliphatic rings. The van der Waals surface area contributed by atoms with Crippen molar-refractivity contribution in [2.75, 3.05) is 6.54 Å². The van der Waals surface area contributed by atoms with E-state index in [2.05, 4.69) is 15.5 Å². The molecule has 0 bridgehead atoms. The SMILES string of the molecule is Cc1nc(CNCC(C)C(N)=NO)cs1. The van der Waals surface area contributed by atoms with Crippen LogP contribution in [0.4, 0.5) is 0 Å². The van der Waals surface area contributed by atoms with Crippen molar-refractivity contribution in [3.8, 4) is 0 Å². The first-order chi connectivity index (χ1) is 7.13. The lowest BCUT2D eigenvalue weighted by molar-refractivity contribution is 0.314. The molecule has 0 saturated heterocycles. The maximum atomic E-state index is 8.45. The number of hydrogen-bond acceptors (Lipinski definition) is 5. The normalized spacial score (nSPS) is 14.1. The molecule has 0 saturated carbocycles. The van der Waals surface area contributed by atoms with Crippen LogP contribution in [0.1, 0.15) is 17.6 Å². The van der Waals surface area contributed by atoms with Gasteiger partial charge in [-0.05, 0) is 6.92 Å². The second kappa shape index (κ2) is 5.67. The van der Waals surface area contributed by atoms with Gasteiger partial charge < -0.3 is 16.3 Å². The van der Waals surface area contributed by atoms with E-state index >= 15 is 0 Å². The van der Waals surface area contributed by atoms with Crippen LogP contribution in [-0.2, 0) is 6.54 Å². The smallest absolute Gasteiger partial charge is 0.143 e. The average Bonchev–Trinajstić information content (AvgIpc) is 2.63. The number of thiazole rings is 1. The fourth-order valence-electron chi connectivity index (χ4n) is 1.11. The van der Waals surface area contributed by atoms with Gasteiger partial charge in [0.15, 0.2) is 0 Å². The third kappa shape index (κ3) is 3.85. The van der Waals surface area contributed by atoms with Crippen LogP contribution in [-0.4, -0.2) is 22.6 Å². The van der Waals surface area contributed by atoms with Crippen molar-refractivity contribution in [1.29, 1.82) is 0 Å². The minimum Gasteiger partial charge on any atom is -0.409 e. The molecule has 1 atom stereocenters. The number of oxime groups is 1. The highest BCUT2D eigenvalue weighted by Gasteiger charge is 2.06. The monoisotopic (exact) mass is 228 g/mol. The van der Waals surface area contributed by atoms with Gasteiger partial charge >= 0.3 is 0 Å². The van der Waals surface area contributed by atoms with Crippen molar-refractivity contribution >= 4 is 17.2 Å². The maximum Gasteiger partial charge on any atom is 0.143 e. The van der Waals surface area contributed by atoms with Gasteiger partial charge in [0.1, 0.15) is 5.84 Å². The highest BCUT2D eigenvalue weighted by atomic mass is 32.1. The summed E-state index contributed by atoms with van der Waals surface area (Å²) in [6.45, 7) is 5.27. The Morgan fingerprint density at radius 3 is 3.07 bits per heavy atom. The number of nitrogens with one attached hydrogen (secondary N) is 1. The maximum absolute atomic E-state index is 8.45. The van der Waals surface area contributed by atoms with Gasteiger partial charge in [0, 0.05) is 24.4 Å². The lowest BCUT2D eigenvalue weighted by atomic mass is 10.1. The summed E-state index contributed by atoms with van der Waals surface area (Å²) in [7, 11) is 0. The third-order valence-corrected chi connectivity index (χ3v) is 2.87. The van der Waals surface area contributed by atoms with Gasteiger partial charge in [-0.3, -0.25) is 0 Å². The summed E-state index contributed by atoms with van der Waals surface area (Å²) in [5, 5.41) is 17.7. The number of nitrogens with zero attached hydrogens (tertiary/aromatic N) is 2. The van der Waals surface area contributed by atoms with E-state index in [0.29, 0.717) is 13.1 Å². The third-order valence-electron chi connectivity index (χ3n) is 2.04. The molecule has 6 heteroatoms. The van der Waals surface area contributed by atoms with Gasteiger partial charge in [-0.1, -0.05) is 12.1 Å². The van der Waals surface area contributed by atoms with E-state index in [9.17, 15) is 0 Å². The van der Waals surface area contributed by atoms with Crippen LogP contribution >= 0.6 is 11.3 Å². The lowest BCUT2D eigenvalue weighted by Crippen LogP contribution is -2.31. The second-order valence-electron chi connectivity index (χ2n) is 3.41. The Morgan fingerprint density at radius 1 is 1.80 bits per heavy atom. The van der Waals surface area contributed by atoms with Crippen LogP contribution in [0, 0.1) is 12.8 Å². The summed E-state index contributed by atoms with van der Waals surface area (Å²) < 4.78 is 0. The molecule has 0 aromatic carbocycles. The average molecular weight is 228 g/mol. The highest BCUT2D eigenvalue weighted by molar-refractivity contribution is 7.09. The Bertz CT molecular complexity index is 337. The van der Waals surface area contributed by atoms with Crippen molar-refractivity contribution in [1.82, 2.24) is 10.3 Å². The van der Waals surface area contributed by atoms with E-state index in [1.807, 2.05) is 19.2 Å². The van der Waals surface area contributed by atoms with Crippen molar-refractivity contribution in [3.63, 3.8) is 0 Å². The molecule has 0 aliphatic carbocycles. The van der Waals surface area contributed by atoms with Gasteiger partial charge in [-0.25, -0.2) is 4.98 Å². The molecule has 0 amide bonds. The van der Waals surface area contributed by atoms with E-state index in [4.69, 9.17) is 10.9 Å². The first kappa shape index (κ1) is 11.9. The molecule has 0 spiro atoms. The zero-order valence-electron chi connectivity index (χ0n) is 8.90. The van der Waals surface area contributed by atoms with Crippen molar-refractivity contribution in [3.05, 3.63) is 16.1 Å². The Balaban J connectivity index is 2.27. The minimum atomic E-state index is 0.0229. The molecule has 0 fully saturated rings. The summed E-state index contributed by atoms with van der Waals surface area (Å²) >= 11 is 1.63. The number of aromatic nitrogens is 1. The molecule has 5 nitrogen and oxygen atoms in total. The zero-order chi connectivity index (χ0) is 11.3. The Labute approximate surface area is 93.0 Å². The van der Waals surface area contributed by atoms with Crippen LogP contribution in [0.3, 0.4) is 0 Å². The summed E-state index contributed by atoms with van der Waals surface area (Å²) in [4.78, 5) is 4.32. The standard InChI is InChI=1S/C9H16N4OS/c1-6(9(10)13-14)3-11-4-8-5-15-7(2)12-8/h5-6,11,14H,3-4H2,1-2H3,(H2,10,13). The first-order valence-electron chi connectivity index (χ1n) is 4.72. The molecule has 4 N–H and O–H groups in total. The molecule has 1 aromatic rings. The van der Waals surface area contributed by atoms with Crippen LogP contribution in [0.15, 0.2) is 10.5 Å². The number of nitrogens with two attached hydrogens (primary N) is 1. The molecule has 1 unspecified atom stereocenters. The Hall–Kier alpha value is -1.14. The molecule has 1 rings (SSSR count). The van der Waals surface area contributed by atoms with E-state index in [1.165, 1.54) is 0 Å². The molecule has 1 aromatic heterocycles. The van der Waals surface area contributed by atoms with Crippen LogP contribution in [0.2, 0.25) is 0 Å². The number of amidine groups is 1. The summed E-state index contributed by atoms with van der Waals surface area (Å²) in [6.07, 6.45) is 0. The fraction of sp³-hybridized carbons (Fsp3) is 0.556. The highest BCUT2D eigenvalue weighted by Crippen LogP contribution is 2.07. The quantitative estimate of drug-likeness (QED) is 0.303. The van der Waals surface area contributed by atoms with Gasteiger partial charge in [0.25, 0.3) is 0 Å². The van der Waals surface area contributed by atoms with Gasteiger partial charge in [0.2, 0.25) is 0 Å². The molecular formula is C9H16N4OS. The lowest BCUT2D eigenvalue weighted by Gasteiger charge is -2.09. The molecule has 84 valence electrons. The summed E-state index contributed by atoms with van der Waals surface area (Å²) in [6, 6.07) is 0. The number of hydrogen-bond donors (Lipinski definition) is 3. The van der Waals surface area contributed by atoms with Gasteiger partial charge in [-0.15, -0.1) is 11.3 Å². The Morgan fingerprint density at radius 2 is 2.53 bits per heavy atom. The van der Waals surface area contributed by atoms with Gasteiger partial charge in [-0.2, -0.15) is 0 Å². The molecule has 0 radical (unpaired) electrons.